The number of halogens is 12. The third-order valence-electron chi connectivity index (χ3n) is 6.07. The van der Waals surface area contributed by atoms with Gasteiger partial charge in [0.2, 0.25) is 10.8 Å². The van der Waals surface area contributed by atoms with E-state index in [9.17, 15) is 52.7 Å². The first kappa shape index (κ1) is 29.0. The highest BCUT2D eigenvalue weighted by atomic mass is 19.4. The molecule has 0 fully saturated rings. The first-order chi connectivity index (χ1) is 17.2. The molecule has 0 bridgehead atoms. The minimum Gasteiger partial charge on any atom is -0.399 e. The summed E-state index contributed by atoms with van der Waals surface area (Å²) in [5.41, 5.74) is -7.40. The SMILES string of the molecule is Nc1cccc(C(c2cccc(C(c3cccc(N)c3)(C(F)(F)F)C(F)(F)F)c2)(C(F)(F)F)C(F)(F)F)c1. The van der Waals surface area contributed by atoms with E-state index in [-0.39, 0.29) is 24.3 Å². The van der Waals surface area contributed by atoms with Crippen LogP contribution >= 0.6 is 0 Å². The highest BCUT2D eigenvalue weighted by Gasteiger charge is 2.75. The van der Waals surface area contributed by atoms with Crippen LogP contribution in [0.15, 0.2) is 72.8 Å². The van der Waals surface area contributed by atoms with E-state index < -0.39 is 69.2 Å². The summed E-state index contributed by atoms with van der Waals surface area (Å²) in [5, 5.41) is 0. The van der Waals surface area contributed by atoms with Crippen LogP contribution in [0.2, 0.25) is 0 Å². The minimum atomic E-state index is -6.28. The highest BCUT2D eigenvalue weighted by Crippen LogP contribution is 2.60. The molecule has 3 aromatic rings. The predicted octanol–water partition coefficient (Wildman–Crippen LogP) is 7.67. The molecule has 14 heteroatoms. The molecule has 0 saturated carbocycles. The van der Waals surface area contributed by atoms with Crippen molar-refractivity contribution >= 4 is 11.4 Å². The summed E-state index contributed by atoms with van der Waals surface area (Å²) in [4.78, 5) is 0. The van der Waals surface area contributed by atoms with Crippen LogP contribution in [-0.4, -0.2) is 24.7 Å². The van der Waals surface area contributed by atoms with E-state index in [1.54, 1.807) is 0 Å². The van der Waals surface area contributed by atoms with E-state index >= 15 is 0 Å². The predicted molar refractivity (Wildman–Crippen MR) is 114 cm³/mol. The van der Waals surface area contributed by atoms with E-state index in [0.29, 0.717) is 24.3 Å². The maximum atomic E-state index is 14.4. The summed E-state index contributed by atoms with van der Waals surface area (Å²) < 4.78 is 173. The number of hydrogen-bond acceptors (Lipinski definition) is 2. The van der Waals surface area contributed by atoms with Crippen LogP contribution < -0.4 is 11.5 Å². The van der Waals surface area contributed by atoms with Gasteiger partial charge in [-0.25, -0.2) is 0 Å². The summed E-state index contributed by atoms with van der Waals surface area (Å²) in [6, 6.07) is 4.94. The largest absolute Gasteiger partial charge is 0.411 e. The lowest BCUT2D eigenvalue weighted by Gasteiger charge is -2.41. The molecular formula is C24H16F12N2. The van der Waals surface area contributed by atoms with E-state index in [1.807, 2.05) is 0 Å². The molecule has 206 valence electrons. The zero-order valence-electron chi connectivity index (χ0n) is 18.6. The van der Waals surface area contributed by atoms with Crippen LogP contribution in [0, 0.1) is 0 Å². The second kappa shape index (κ2) is 9.02. The van der Waals surface area contributed by atoms with Gasteiger partial charge in [0, 0.05) is 11.4 Å². The van der Waals surface area contributed by atoms with Crippen molar-refractivity contribution < 1.29 is 52.7 Å². The number of benzene rings is 3. The molecule has 0 saturated heterocycles. The van der Waals surface area contributed by atoms with Gasteiger partial charge in [0.15, 0.2) is 0 Å². The van der Waals surface area contributed by atoms with Gasteiger partial charge in [0.25, 0.3) is 0 Å². The Labute approximate surface area is 206 Å². The summed E-state index contributed by atoms with van der Waals surface area (Å²) in [6.45, 7) is 0. The van der Waals surface area contributed by atoms with Crippen molar-refractivity contribution in [3.63, 3.8) is 0 Å². The second-order valence-corrected chi connectivity index (χ2v) is 8.32. The summed E-state index contributed by atoms with van der Waals surface area (Å²) >= 11 is 0. The van der Waals surface area contributed by atoms with Gasteiger partial charge in [-0.05, 0) is 46.5 Å². The Kier molecular flexibility index (Phi) is 6.88. The van der Waals surface area contributed by atoms with E-state index in [0.717, 1.165) is 24.3 Å². The first-order valence-corrected chi connectivity index (χ1v) is 10.3. The number of hydrogen-bond donors (Lipinski definition) is 2. The van der Waals surface area contributed by atoms with Crippen molar-refractivity contribution in [2.75, 3.05) is 11.5 Å². The van der Waals surface area contributed by atoms with Gasteiger partial charge in [-0.2, -0.15) is 52.7 Å². The molecule has 0 aliphatic rings. The van der Waals surface area contributed by atoms with Gasteiger partial charge < -0.3 is 11.5 Å². The molecule has 0 aromatic heterocycles. The van der Waals surface area contributed by atoms with Crippen molar-refractivity contribution in [3.8, 4) is 0 Å². The Balaban J connectivity index is 2.55. The fraction of sp³-hybridized carbons (Fsp3) is 0.250. The average molecular weight is 560 g/mol. The lowest BCUT2D eigenvalue weighted by Crippen LogP contribution is -2.56. The average Bonchev–Trinajstić information content (AvgIpc) is 2.71. The maximum Gasteiger partial charge on any atom is 0.411 e. The molecule has 38 heavy (non-hydrogen) atoms. The monoisotopic (exact) mass is 560 g/mol. The Morgan fingerprint density at radius 1 is 0.368 bits per heavy atom. The molecule has 3 aromatic carbocycles. The molecule has 0 spiro atoms. The third kappa shape index (κ3) is 4.29. The lowest BCUT2D eigenvalue weighted by atomic mass is 9.68. The van der Waals surface area contributed by atoms with Crippen molar-refractivity contribution in [1.29, 1.82) is 0 Å². The molecule has 0 aliphatic carbocycles. The topological polar surface area (TPSA) is 52.0 Å². The van der Waals surface area contributed by atoms with Crippen molar-refractivity contribution in [1.82, 2.24) is 0 Å². The minimum absolute atomic E-state index is 0.157. The van der Waals surface area contributed by atoms with E-state index in [2.05, 4.69) is 0 Å². The van der Waals surface area contributed by atoms with Gasteiger partial charge in [0.05, 0.1) is 0 Å². The Hall–Kier alpha value is -3.58. The van der Waals surface area contributed by atoms with Crippen molar-refractivity contribution in [2.24, 2.45) is 0 Å². The quantitative estimate of drug-likeness (QED) is 0.254. The molecule has 3 rings (SSSR count). The van der Waals surface area contributed by atoms with Crippen molar-refractivity contribution in [2.45, 2.75) is 35.5 Å². The highest BCUT2D eigenvalue weighted by molar-refractivity contribution is 5.55. The second-order valence-electron chi connectivity index (χ2n) is 8.32. The van der Waals surface area contributed by atoms with Gasteiger partial charge >= 0.3 is 24.7 Å². The Morgan fingerprint density at radius 2 is 0.605 bits per heavy atom. The summed E-state index contributed by atoms with van der Waals surface area (Å²) in [6.07, 6.45) is -25.1. The van der Waals surface area contributed by atoms with E-state index in [1.165, 1.54) is 0 Å². The number of alkyl halides is 12. The fourth-order valence-electron chi connectivity index (χ4n) is 4.49. The zero-order valence-corrected chi connectivity index (χ0v) is 18.6. The molecular weight excluding hydrogens is 544 g/mol. The summed E-state index contributed by atoms with van der Waals surface area (Å²) in [7, 11) is 0. The van der Waals surface area contributed by atoms with Crippen LogP contribution in [0.4, 0.5) is 64.1 Å². The van der Waals surface area contributed by atoms with Gasteiger partial charge in [-0.1, -0.05) is 48.5 Å². The van der Waals surface area contributed by atoms with Crippen LogP contribution in [0.25, 0.3) is 0 Å². The molecule has 4 N–H and O–H groups in total. The zero-order chi connectivity index (χ0) is 28.9. The molecule has 0 aliphatic heterocycles. The number of anilines is 2. The molecule has 0 unspecified atom stereocenters. The molecule has 0 radical (unpaired) electrons. The number of nitrogens with two attached hydrogens (primary N) is 2. The first-order valence-electron chi connectivity index (χ1n) is 10.3. The van der Waals surface area contributed by atoms with Gasteiger partial charge in [0.1, 0.15) is 0 Å². The normalized spacial score (nSPS) is 14.0. The van der Waals surface area contributed by atoms with E-state index in [4.69, 9.17) is 11.5 Å². The number of nitrogen functional groups attached to an aromatic ring is 2. The molecule has 2 nitrogen and oxygen atoms in total. The fourth-order valence-corrected chi connectivity index (χ4v) is 4.49. The number of rotatable bonds is 4. The standard InChI is InChI=1S/C24H16F12N2/c25-21(26,27)19(22(28,29)30,15-6-2-8-17(37)11-15)13-4-1-5-14(10-13)20(23(31,32)33,24(34,35)36)16-7-3-9-18(38)12-16/h1-12H,37-38H2. The van der Waals surface area contributed by atoms with Crippen molar-refractivity contribution in [3.05, 3.63) is 95.1 Å². The summed E-state index contributed by atoms with van der Waals surface area (Å²) in [5.74, 6) is 0. The van der Waals surface area contributed by atoms with Crippen LogP contribution in [0.3, 0.4) is 0 Å². The van der Waals surface area contributed by atoms with Gasteiger partial charge in [-0.15, -0.1) is 0 Å². The Bertz CT molecular complexity index is 1180. The smallest absolute Gasteiger partial charge is 0.399 e. The van der Waals surface area contributed by atoms with Gasteiger partial charge in [-0.3, -0.25) is 0 Å². The molecule has 0 heterocycles. The van der Waals surface area contributed by atoms with Crippen LogP contribution in [0.1, 0.15) is 22.3 Å². The molecule has 0 atom stereocenters. The van der Waals surface area contributed by atoms with Crippen LogP contribution in [-0.2, 0) is 10.8 Å². The maximum absolute atomic E-state index is 14.4. The lowest BCUT2D eigenvalue weighted by molar-refractivity contribution is -0.289. The molecule has 0 amide bonds. The third-order valence-corrected chi connectivity index (χ3v) is 6.07. The Morgan fingerprint density at radius 3 is 0.842 bits per heavy atom. The van der Waals surface area contributed by atoms with Crippen LogP contribution in [0.5, 0.6) is 0 Å².